The Morgan fingerprint density at radius 2 is 2.29 bits per heavy atom. The summed E-state index contributed by atoms with van der Waals surface area (Å²) in [6, 6.07) is 5.52. The van der Waals surface area contributed by atoms with Gasteiger partial charge in [-0.3, -0.25) is 4.79 Å². The molecule has 0 fully saturated rings. The highest BCUT2D eigenvalue weighted by atomic mass is 16.3. The van der Waals surface area contributed by atoms with Crippen LogP contribution >= 0.6 is 0 Å². The Morgan fingerprint density at radius 1 is 1.48 bits per heavy atom. The van der Waals surface area contributed by atoms with Crippen molar-refractivity contribution in [1.82, 2.24) is 20.1 Å². The van der Waals surface area contributed by atoms with E-state index in [-0.39, 0.29) is 18.6 Å². The zero-order valence-electron chi connectivity index (χ0n) is 12.3. The van der Waals surface area contributed by atoms with E-state index in [0.717, 1.165) is 17.7 Å². The first-order valence-corrected chi connectivity index (χ1v) is 7.03. The van der Waals surface area contributed by atoms with Crippen molar-refractivity contribution in [3.63, 3.8) is 0 Å². The zero-order chi connectivity index (χ0) is 15.2. The molecule has 1 unspecified atom stereocenters. The largest absolute Gasteiger partial charge is 0.396 e. The maximum Gasteiger partial charge on any atom is 0.251 e. The van der Waals surface area contributed by atoms with Gasteiger partial charge >= 0.3 is 0 Å². The van der Waals surface area contributed by atoms with Gasteiger partial charge in [-0.05, 0) is 43.5 Å². The van der Waals surface area contributed by atoms with E-state index in [1.807, 2.05) is 26.0 Å². The minimum absolute atomic E-state index is 0.00288. The molecule has 6 heteroatoms. The number of nitrogens with zero attached hydrogens (tertiary/aromatic N) is 3. The molecule has 2 N–H and O–H groups in total. The van der Waals surface area contributed by atoms with Gasteiger partial charge in [-0.15, -0.1) is 0 Å². The van der Waals surface area contributed by atoms with Gasteiger partial charge in [0.05, 0.1) is 5.69 Å². The minimum Gasteiger partial charge on any atom is -0.396 e. The lowest BCUT2D eigenvalue weighted by Gasteiger charge is -2.17. The van der Waals surface area contributed by atoms with Crippen LogP contribution in [0, 0.1) is 6.92 Å². The summed E-state index contributed by atoms with van der Waals surface area (Å²) in [5.41, 5.74) is 2.37. The number of aliphatic hydroxyl groups excluding tert-OH is 1. The van der Waals surface area contributed by atoms with Crippen LogP contribution in [0.15, 0.2) is 30.9 Å². The number of carbonyl (C=O) groups excluding carboxylic acids is 1. The standard InChI is InChI=1S/C15H20N4O2/c1-3-12(6-7-20)18-15(21)14-5-4-13(8-11(14)2)19-10-16-9-17-19/h4-5,8-10,12,20H,3,6-7H2,1-2H3,(H,18,21). The molecule has 0 saturated carbocycles. The molecule has 2 rings (SSSR count). The summed E-state index contributed by atoms with van der Waals surface area (Å²) in [4.78, 5) is 16.2. The highest BCUT2D eigenvalue weighted by Gasteiger charge is 2.14. The number of rotatable bonds is 6. The van der Waals surface area contributed by atoms with Crippen LogP contribution in [0.2, 0.25) is 0 Å². The molecule has 0 aliphatic rings. The number of carbonyl (C=O) groups is 1. The van der Waals surface area contributed by atoms with E-state index in [0.29, 0.717) is 12.0 Å². The molecule has 0 saturated heterocycles. The molecule has 1 amide bonds. The maximum absolute atomic E-state index is 12.3. The van der Waals surface area contributed by atoms with Gasteiger partial charge in [-0.1, -0.05) is 6.92 Å². The van der Waals surface area contributed by atoms with E-state index >= 15 is 0 Å². The van der Waals surface area contributed by atoms with Crippen LogP contribution in [0.25, 0.3) is 5.69 Å². The smallest absolute Gasteiger partial charge is 0.251 e. The molecule has 0 radical (unpaired) electrons. The zero-order valence-corrected chi connectivity index (χ0v) is 12.3. The fourth-order valence-corrected chi connectivity index (χ4v) is 2.18. The molecule has 1 aromatic heterocycles. The normalized spacial score (nSPS) is 12.1. The molecule has 1 aromatic carbocycles. The first-order chi connectivity index (χ1) is 10.2. The number of aliphatic hydroxyl groups is 1. The molecule has 21 heavy (non-hydrogen) atoms. The Hall–Kier alpha value is -2.21. The molecule has 0 aliphatic heterocycles. The van der Waals surface area contributed by atoms with Crippen LogP contribution in [-0.4, -0.2) is 38.4 Å². The molecule has 0 bridgehead atoms. The first kappa shape index (κ1) is 15.2. The summed E-state index contributed by atoms with van der Waals surface area (Å²) in [5, 5.41) is 16.0. The molecular weight excluding hydrogens is 268 g/mol. The number of aromatic nitrogens is 3. The molecule has 112 valence electrons. The molecule has 2 aromatic rings. The number of hydrogen-bond acceptors (Lipinski definition) is 4. The third-order valence-corrected chi connectivity index (χ3v) is 3.44. The first-order valence-electron chi connectivity index (χ1n) is 7.03. The fourth-order valence-electron chi connectivity index (χ4n) is 2.18. The number of aryl methyl sites for hydroxylation is 1. The van der Waals surface area contributed by atoms with Gasteiger partial charge in [0.15, 0.2) is 0 Å². The average molecular weight is 288 g/mol. The summed E-state index contributed by atoms with van der Waals surface area (Å²) < 4.78 is 1.65. The molecular formula is C15H20N4O2. The van der Waals surface area contributed by atoms with Crippen LogP contribution in [-0.2, 0) is 0 Å². The Labute approximate surface area is 123 Å². The second-order valence-electron chi connectivity index (χ2n) is 4.93. The van der Waals surface area contributed by atoms with E-state index < -0.39 is 0 Å². The van der Waals surface area contributed by atoms with Gasteiger partial charge in [0, 0.05) is 18.2 Å². The van der Waals surface area contributed by atoms with Crippen molar-refractivity contribution < 1.29 is 9.90 Å². The summed E-state index contributed by atoms with van der Waals surface area (Å²) in [6.45, 7) is 3.95. The van der Waals surface area contributed by atoms with Gasteiger partial charge in [0.1, 0.15) is 12.7 Å². The van der Waals surface area contributed by atoms with Crippen LogP contribution < -0.4 is 5.32 Å². The van der Waals surface area contributed by atoms with Gasteiger partial charge in [-0.25, -0.2) is 9.67 Å². The number of hydrogen-bond donors (Lipinski definition) is 2. The lowest BCUT2D eigenvalue weighted by Crippen LogP contribution is -2.35. The van der Waals surface area contributed by atoms with Crippen molar-refractivity contribution in [2.75, 3.05) is 6.61 Å². The van der Waals surface area contributed by atoms with E-state index in [1.165, 1.54) is 6.33 Å². The predicted molar refractivity (Wildman–Crippen MR) is 79.3 cm³/mol. The molecule has 0 aliphatic carbocycles. The van der Waals surface area contributed by atoms with E-state index in [4.69, 9.17) is 5.11 Å². The van der Waals surface area contributed by atoms with Gasteiger partial charge < -0.3 is 10.4 Å². The maximum atomic E-state index is 12.3. The number of benzene rings is 1. The van der Waals surface area contributed by atoms with E-state index in [2.05, 4.69) is 15.4 Å². The second kappa shape index (κ2) is 6.99. The number of amides is 1. The van der Waals surface area contributed by atoms with Crippen LogP contribution in [0.3, 0.4) is 0 Å². The third-order valence-electron chi connectivity index (χ3n) is 3.44. The van der Waals surface area contributed by atoms with Crippen molar-refractivity contribution in [3.05, 3.63) is 42.0 Å². The second-order valence-corrected chi connectivity index (χ2v) is 4.93. The van der Waals surface area contributed by atoms with Crippen molar-refractivity contribution >= 4 is 5.91 Å². The molecule has 6 nitrogen and oxygen atoms in total. The Balaban J connectivity index is 2.15. The quantitative estimate of drug-likeness (QED) is 0.843. The third kappa shape index (κ3) is 3.66. The highest BCUT2D eigenvalue weighted by Crippen LogP contribution is 2.14. The average Bonchev–Trinajstić information content (AvgIpc) is 3.00. The molecule has 1 atom stereocenters. The van der Waals surface area contributed by atoms with Crippen LogP contribution in [0.1, 0.15) is 35.7 Å². The Kier molecular flexibility index (Phi) is 5.05. The van der Waals surface area contributed by atoms with Crippen molar-refractivity contribution in [3.8, 4) is 5.69 Å². The topological polar surface area (TPSA) is 80.0 Å². The lowest BCUT2D eigenvalue weighted by atomic mass is 10.1. The Morgan fingerprint density at radius 3 is 2.86 bits per heavy atom. The summed E-state index contributed by atoms with van der Waals surface area (Å²) in [5.74, 6) is -0.113. The van der Waals surface area contributed by atoms with Crippen molar-refractivity contribution in [1.29, 1.82) is 0 Å². The highest BCUT2D eigenvalue weighted by molar-refractivity contribution is 5.96. The van der Waals surface area contributed by atoms with Crippen molar-refractivity contribution in [2.45, 2.75) is 32.7 Å². The van der Waals surface area contributed by atoms with E-state index in [1.54, 1.807) is 17.1 Å². The van der Waals surface area contributed by atoms with Crippen LogP contribution in [0.5, 0.6) is 0 Å². The summed E-state index contributed by atoms with van der Waals surface area (Å²) >= 11 is 0. The Bertz CT molecular complexity index is 596. The monoisotopic (exact) mass is 288 g/mol. The number of nitrogens with one attached hydrogen (secondary N) is 1. The van der Waals surface area contributed by atoms with Crippen LogP contribution in [0.4, 0.5) is 0 Å². The van der Waals surface area contributed by atoms with Gasteiger partial charge in [0.2, 0.25) is 0 Å². The summed E-state index contributed by atoms with van der Waals surface area (Å²) in [6.07, 6.45) is 4.44. The summed E-state index contributed by atoms with van der Waals surface area (Å²) in [7, 11) is 0. The van der Waals surface area contributed by atoms with E-state index in [9.17, 15) is 4.79 Å². The predicted octanol–water partition coefficient (Wildman–Crippen LogP) is 1.47. The fraction of sp³-hybridized carbons (Fsp3) is 0.400. The van der Waals surface area contributed by atoms with Crippen molar-refractivity contribution in [2.24, 2.45) is 0 Å². The lowest BCUT2D eigenvalue weighted by molar-refractivity contribution is 0.0928. The van der Waals surface area contributed by atoms with Gasteiger partial charge in [-0.2, -0.15) is 5.10 Å². The van der Waals surface area contributed by atoms with Gasteiger partial charge in [0.25, 0.3) is 5.91 Å². The minimum atomic E-state index is -0.113. The molecule has 0 spiro atoms. The molecule has 1 heterocycles. The SMILES string of the molecule is CCC(CCO)NC(=O)c1ccc(-n2cncn2)cc1C.